The maximum absolute atomic E-state index is 12.2. The zero-order valence-electron chi connectivity index (χ0n) is 18.5. The minimum absolute atomic E-state index is 0. The van der Waals surface area contributed by atoms with Crippen LogP contribution in [0.5, 0.6) is 0 Å². The topological polar surface area (TPSA) is 75.2 Å². The van der Waals surface area contributed by atoms with Crippen molar-refractivity contribution < 1.29 is 14.3 Å². The molecule has 1 amide bonds. The number of amides is 1. The van der Waals surface area contributed by atoms with Crippen LogP contribution < -0.4 is 10.6 Å². The van der Waals surface area contributed by atoms with E-state index in [2.05, 4.69) is 22.5 Å². The Labute approximate surface area is 198 Å². The van der Waals surface area contributed by atoms with Gasteiger partial charge < -0.3 is 25.0 Å². The van der Waals surface area contributed by atoms with Gasteiger partial charge in [0.2, 0.25) is 0 Å². The largest absolute Gasteiger partial charge is 0.382 e. The molecule has 1 aliphatic rings. The number of carbonyl (C=O) groups excluding carboxylic acids is 1. The summed E-state index contributed by atoms with van der Waals surface area (Å²) in [5, 5.41) is 6.31. The van der Waals surface area contributed by atoms with E-state index in [1.54, 1.807) is 7.11 Å². The monoisotopic (exact) mass is 532 g/mol. The van der Waals surface area contributed by atoms with Crippen LogP contribution in [0.4, 0.5) is 0 Å². The van der Waals surface area contributed by atoms with E-state index < -0.39 is 0 Å². The predicted octanol–water partition coefficient (Wildman–Crippen LogP) is 2.89. The predicted molar refractivity (Wildman–Crippen MR) is 132 cm³/mol. The molecule has 2 N–H and O–H groups in total. The van der Waals surface area contributed by atoms with Crippen molar-refractivity contribution in [3.63, 3.8) is 0 Å². The zero-order valence-corrected chi connectivity index (χ0v) is 20.8. The van der Waals surface area contributed by atoms with Gasteiger partial charge in [-0.05, 0) is 37.5 Å². The first-order valence-electron chi connectivity index (χ1n) is 10.6. The summed E-state index contributed by atoms with van der Waals surface area (Å²) in [6, 6.07) is 7.70. The van der Waals surface area contributed by atoms with Gasteiger partial charge in [0.05, 0.1) is 26.4 Å². The fraction of sp³-hybridized carbons (Fsp3) is 0.636. The van der Waals surface area contributed by atoms with Gasteiger partial charge in [0.15, 0.2) is 5.96 Å². The van der Waals surface area contributed by atoms with Gasteiger partial charge in [0.25, 0.3) is 5.91 Å². The third kappa shape index (κ3) is 9.18. The molecule has 7 nitrogen and oxygen atoms in total. The van der Waals surface area contributed by atoms with Crippen molar-refractivity contribution in [3.8, 4) is 0 Å². The summed E-state index contributed by atoms with van der Waals surface area (Å²) in [7, 11) is 1.69. The van der Waals surface area contributed by atoms with Crippen LogP contribution in [0.1, 0.15) is 42.6 Å². The van der Waals surface area contributed by atoms with Crippen molar-refractivity contribution in [1.82, 2.24) is 15.5 Å². The third-order valence-corrected chi connectivity index (χ3v) is 4.84. The summed E-state index contributed by atoms with van der Waals surface area (Å²) in [5.41, 5.74) is 1.72. The molecule has 1 atom stereocenters. The number of hydrogen-bond donors (Lipinski definition) is 2. The molecule has 1 aliphatic heterocycles. The van der Waals surface area contributed by atoms with E-state index in [9.17, 15) is 4.79 Å². The molecule has 1 unspecified atom stereocenters. The third-order valence-electron chi connectivity index (χ3n) is 4.84. The Bertz CT molecular complexity index is 657. The fourth-order valence-corrected chi connectivity index (χ4v) is 3.30. The lowest BCUT2D eigenvalue weighted by atomic mass is 10.1. The van der Waals surface area contributed by atoms with Crippen LogP contribution in [-0.2, 0) is 16.0 Å². The van der Waals surface area contributed by atoms with Gasteiger partial charge in [-0.3, -0.25) is 4.79 Å². The number of hydrogen-bond acceptors (Lipinski definition) is 4. The van der Waals surface area contributed by atoms with Crippen molar-refractivity contribution in [3.05, 3.63) is 35.4 Å². The Kier molecular flexibility index (Phi) is 13.7. The molecular formula is C22H37IN4O3. The summed E-state index contributed by atoms with van der Waals surface area (Å²) >= 11 is 0. The summed E-state index contributed by atoms with van der Waals surface area (Å²) in [5.74, 6) is 1.41. The molecule has 2 rings (SSSR count). The highest BCUT2D eigenvalue weighted by Crippen LogP contribution is 2.17. The molecule has 1 fully saturated rings. The molecule has 30 heavy (non-hydrogen) atoms. The number of aliphatic imine (C=N–C) groups is 1. The first kappa shape index (κ1) is 26.6. The van der Waals surface area contributed by atoms with Gasteiger partial charge in [-0.25, -0.2) is 4.99 Å². The number of likely N-dealkylation sites (tertiary alicyclic amines) is 1. The minimum Gasteiger partial charge on any atom is -0.382 e. The lowest BCUT2D eigenvalue weighted by Gasteiger charge is -2.21. The fourth-order valence-electron chi connectivity index (χ4n) is 3.30. The number of carbonyl (C=O) groups is 1. The Morgan fingerprint density at radius 3 is 2.83 bits per heavy atom. The molecular weight excluding hydrogens is 495 g/mol. The average molecular weight is 532 g/mol. The highest BCUT2D eigenvalue weighted by molar-refractivity contribution is 14.0. The number of guanidine groups is 1. The lowest BCUT2D eigenvalue weighted by molar-refractivity contribution is 0.0536. The zero-order chi connectivity index (χ0) is 20.9. The van der Waals surface area contributed by atoms with E-state index in [0.29, 0.717) is 37.8 Å². The Morgan fingerprint density at radius 1 is 1.27 bits per heavy atom. The first-order chi connectivity index (χ1) is 14.2. The number of ether oxygens (including phenoxy) is 2. The molecule has 1 saturated heterocycles. The van der Waals surface area contributed by atoms with Gasteiger partial charge in [-0.1, -0.05) is 19.1 Å². The molecule has 0 radical (unpaired) electrons. The maximum Gasteiger partial charge on any atom is 0.251 e. The number of halogens is 1. The average Bonchev–Trinajstić information content (AvgIpc) is 3.21. The van der Waals surface area contributed by atoms with Crippen LogP contribution >= 0.6 is 24.0 Å². The van der Waals surface area contributed by atoms with Crippen LogP contribution in [-0.4, -0.2) is 69.9 Å². The first-order valence-corrected chi connectivity index (χ1v) is 10.6. The van der Waals surface area contributed by atoms with Crippen molar-refractivity contribution >= 4 is 35.8 Å². The Balaban J connectivity index is 0.00000450. The van der Waals surface area contributed by atoms with E-state index in [4.69, 9.17) is 14.5 Å². The van der Waals surface area contributed by atoms with Gasteiger partial charge in [-0.2, -0.15) is 0 Å². The summed E-state index contributed by atoms with van der Waals surface area (Å²) in [6.07, 6.45) is 2.03. The van der Waals surface area contributed by atoms with Gasteiger partial charge >= 0.3 is 0 Å². The van der Waals surface area contributed by atoms with E-state index in [1.807, 2.05) is 31.2 Å². The minimum atomic E-state index is -0.0274. The molecule has 0 aromatic heterocycles. The smallest absolute Gasteiger partial charge is 0.251 e. The number of nitrogens with one attached hydrogen (secondary N) is 2. The van der Waals surface area contributed by atoms with Crippen molar-refractivity contribution in [2.45, 2.75) is 33.2 Å². The van der Waals surface area contributed by atoms with Crippen molar-refractivity contribution in [2.75, 3.05) is 53.1 Å². The summed E-state index contributed by atoms with van der Waals surface area (Å²) < 4.78 is 10.7. The molecule has 1 heterocycles. The standard InChI is InChI=1S/C22H36N4O3.HI/c1-4-10-24-21(27)20-8-6-7-18(14-20)15-25-22(23-5-2)26-11-9-19(16-26)17-29-13-12-28-3;/h6-8,14,19H,4-5,9-13,15-17H2,1-3H3,(H,23,25)(H,24,27);1H. The number of rotatable bonds is 11. The quantitative estimate of drug-likeness (QED) is 0.199. The van der Waals surface area contributed by atoms with Gasteiger partial charge in [-0.15, -0.1) is 24.0 Å². The van der Waals surface area contributed by atoms with E-state index in [1.165, 1.54) is 0 Å². The number of methoxy groups -OCH3 is 1. The summed E-state index contributed by atoms with van der Waals surface area (Å²) in [6.45, 7) is 10.1. The molecule has 1 aromatic carbocycles. The maximum atomic E-state index is 12.2. The van der Waals surface area contributed by atoms with Crippen LogP contribution in [0.2, 0.25) is 0 Å². The van der Waals surface area contributed by atoms with Crippen molar-refractivity contribution in [1.29, 1.82) is 0 Å². The van der Waals surface area contributed by atoms with Crippen molar-refractivity contribution in [2.24, 2.45) is 10.9 Å². The molecule has 8 heteroatoms. The second-order valence-corrected chi connectivity index (χ2v) is 7.29. The second-order valence-electron chi connectivity index (χ2n) is 7.29. The SMILES string of the molecule is CCCNC(=O)c1cccc(CN=C(NCC)N2CCC(COCCOC)C2)c1.I. The molecule has 1 aromatic rings. The van der Waals surface area contributed by atoms with Gasteiger partial charge in [0.1, 0.15) is 0 Å². The highest BCUT2D eigenvalue weighted by Gasteiger charge is 2.24. The Morgan fingerprint density at radius 2 is 2.10 bits per heavy atom. The number of benzene rings is 1. The molecule has 0 aliphatic carbocycles. The van der Waals surface area contributed by atoms with Crippen LogP contribution in [0.25, 0.3) is 0 Å². The van der Waals surface area contributed by atoms with Crippen LogP contribution in [0, 0.1) is 5.92 Å². The second kappa shape index (κ2) is 15.4. The number of nitrogens with zero attached hydrogens (tertiary/aromatic N) is 2. The molecule has 0 bridgehead atoms. The van der Waals surface area contributed by atoms with Gasteiger partial charge in [0, 0.05) is 44.8 Å². The lowest BCUT2D eigenvalue weighted by Crippen LogP contribution is -2.40. The summed E-state index contributed by atoms with van der Waals surface area (Å²) in [4.78, 5) is 19.3. The molecule has 170 valence electrons. The van der Waals surface area contributed by atoms with Crippen LogP contribution in [0.15, 0.2) is 29.3 Å². The highest BCUT2D eigenvalue weighted by atomic mass is 127. The van der Waals surface area contributed by atoms with E-state index >= 15 is 0 Å². The van der Waals surface area contributed by atoms with E-state index in [-0.39, 0.29) is 29.9 Å². The molecule has 0 saturated carbocycles. The Hall–Kier alpha value is -1.39. The van der Waals surface area contributed by atoms with E-state index in [0.717, 1.165) is 50.6 Å². The molecule has 0 spiro atoms. The normalized spacial score (nSPS) is 16.3. The van der Waals surface area contributed by atoms with Crippen LogP contribution in [0.3, 0.4) is 0 Å².